The van der Waals surface area contributed by atoms with E-state index >= 15 is 0 Å². The van der Waals surface area contributed by atoms with Crippen molar-refractivity contribution in [2.45, 2.75) is 6.10 Å². The zero-order valence-electron chi connectivity index (χ0n) is 7.63. The van der Waals surface area contributed by atoms with Crippen LogP contribution < -0.4 is 0 Å². The molecule has 0 spiro atoms. The van der Waals surface area contributed by atoms with E-state index < -0.39 is 0 Å². The second-order valence-corrected chi connectivity index (χ2v) is 3.33. The van der Waals surface area contributed by atoms with Crippen molar-refractivity contribution in [3.8, 4) is 5.69 Å². The topological polar surface area (TPSA) is 30.4 Å². The average Bonchev–Trinajstić information content (AvgIpc) is 2.94. The highest BCUT2D eigenvalue weighted by Crippen LogP contribution is 2.33. The molecule has 1 aromatic heterocycles. The zero-order chi connectivity index (χ0) is 9.38. The van der Waals surface area contributed by atoms with Crippen molar-refractivity contribution < 1.29 is 4.74 Å². The largest absolute Gasteiger partial charge is 0.368 e. The van der Waals surface area contributed by atoms with E-state index in [1.165, 1.54) is 5.56 Å². The van der Waals surface area contributed by atoms with Crippen molar-refractivity contribution in [1.29, 1.82) is 0 Å². The molecule has 1 fully saturated rings. The van der Waals surface area contributed by atoms with Crippen LogP contribution >= 0.6 is 0 Å². The lowest BCUT2D eigenvalue weighted by Crippen LogP contribution is -1.98. The van der Waals surface area contributed by atoms with E-state index in [9.17, 15) is 0 Å². The molecule has 1 aliphatic heterocycles. The minimum atomic E-state index is 0.274. The van der Waals surface area contributed by atoms with Crippen LogP contribution in [0, 0.1) is 0 Å². The minimum absolute atomic E-state index is 0.274. The van der Waals surface area contributed by atoms with Crippen LogP contribution in [0.4, 0.5) is 0 Å². The van der Waals surface area contributed by atoms with E-state index in [1.807, 2.05) is 29.1 Å². The molecule has 2 aromatic rings. The van der Waals surface area contributed by atoms with E-state index in [-0.39, 0.29) is 6.10 Å². The molecule has 0 saturated carbocycles. The molecular formula is C11H10N2O. The Morgan fingerprint density at radius 3 is 2.86 bits per heavy atom. The summed E-state index contributed by atoms with van der Waals surface area (Å²) in [4.78, 5) is 0. The highest BCUT2D eigenvalue weighted by Gasteiger charge is 2.27. The molecule has 3 heteroatoms. The van der Waals surface area contributed by atoms with E-state index in [0.717, 1.165) is 12.3 Å². The molecule has 3 rings (SSSR count). The fraction of sp³-hybridized carbons (Fsp3) is 0.182. The van der Waals surface area contributed by atoms with Gasteiger partial charge in [0.1, 0.15) is 6.10 Å². The van der Waals surface area contributed by atoms with E-state index in [1.54, 1.807) is 6.20 Å². The Kier molecular flexibility index (Phi) is 1.64. The molecule has 0 bridgehead atoms. The molecule has 1 aliphatic rings. The molecule has 0 radical (unpaired) electrons. The summed E-state index contributed by atoms with van der Waals surface area (Å²) < 4.78 is 7.16. The van der Waals surface area contributed by atoms with Gasteiger partial charge in [-0.3, -0.25) is 0 Å². The summed E-state index contributed by atoms with van der Waals surface area (Å²) in [5, 5.41) is 4.22. The molecule has 1 atom stereocenters. The molecule has 0 aliphatic carbocycles. The number of rotatable bonds is 2. The third-order valence-corrected chi connectivity index (χ3v) is 2.37. The Morgan fingerprint density at radius 2 is 2.14 bits per heavy atom. The molecule has 0 amide bonds. The van der Waals surface area contributed by atoms with Gasteiger partial charge in [0.25, 0.3) is 0 Å². The van der Waals surface area contributed by atoms with E-state index in [2.05, 4.69) is 17.2 Å². The lowest BCUT2D eigenvalue weighted by molar-refractivity contribution is 0.415. The van der Waals surface area contributed by atoms with Crippen LogP contribution in [0.15, 0.2) is 42.7 Å². The van der Waals surface area contributed by atoms with Gasteiger partial charge in [0, 0.05) is 18.0 Å². The highest BCUT2D eigenvalue weighted by atomic mass is 16.6. The van der Waals surface area contributed by atoms with Crippen molar-refractivity contribution in [3.05, 3.63) is 48.3 Å². The maximum atomic E-state index is 5.29. The lowest BCUT2D eigenvalue weighted by atomic mass is 10.1. The quantitative estimate of drug-likeness (QED) is 0.671. The molecule has 0 N–H and O–H groups in total. The molecule has 14 heavy (non-hydrogen) atoms. The summed E-state index contributed by atoms with van der Waals surface area (Å²) in [5.41, 5.74) is 2.33. The van der Waals surface area contributed by atoms with Gasteiger partial charge in [-0.15, -0.1) is 0 Å². The summed E-state index contributed by atoms with van der Waals surface area (Å²) in [6.45, 7) is 0.832. The first kappa shape index (κ1) is 7.76. The summed E-state index contributed by atoms with van der Waals surface area (Å²) in [6.07, 6.45) is 4.00. The Hall–Kier alpha value is -1.61. The Bertz CT molecular complexity index is 432. The highest BCUT2D eigenvalue weighted by molar-refractivity contribution is 5.42. The maximum Gasteiger partial charge on any atom is 0.108 e. The number of para-hydroxylation sites is 1. The van der Waals surface area contributed by atoms with Crippen LogP contribution in [-0.2, 0) is 4.74 Å². The van der Waals surface area contributed by atoms with Crippen LogP contribution in [0.1, 0.15) is 11.7 Å². The van der Waals surface area contributed by atoms with Gasteiger partial charge in [-0.1, -0.05) is 18.2 Å². The van der Waals surface area contributed by atoms with Crippen LogP contribution in [0.25, 0.3) is 5.69 Å². The van der Waals surface area contributed by atoms with Crippen LogP contribution in [0.5, 0.6) is 0 Å². The van der Waals surface area contributed by atoms with Gasteiger partial charge in [-0.25, -0.2) is 4.68 Å². The number of ether oxygens (including phenoxy) is 1. The Balaban J connectivity index is 2.12. The summed E-state index contributed by atoms with van der Waals surface area (Å²) in [6, 6.07) is 10.1. The van der Waals surface area contributed by atoms with Crippen molar-refractivity contribution in [2.75, 3.05) is 6.61 Å². The SMILES string of the molecule is c1ccc(-n2cccn2)c(C2CO2)c1. The number of benzene rings is 1. The van der Waals surface area contributed by atoms with Gasteiger partial charge in [-0.2, -0.15) is 5.10 Å². The predicted molar refractivity (Wildman–Crippen MR) is 52.3 cm³/mol. The summed E-state index contributed by atoms with van der Waals surface area (Å²) >= 11 is 0. The predicted octanol–water partition coefficient (Wildman–Crippen LogP) is 1.94. The van der Waals surface area contributed by atoms with E-state index in [4.69, 9.17) is 4.74 Å². The second-order valence-electron chi connectivity index (χ2n) is 3.33. The minimum Gasteiger partial charge on any atom is -0.368 e. The fourth-order valence-corrected chi connectivity index (χ4v) is 1.61. The molecule has 2 heterocycles. The molecular weight excluding hydrogens is 176 g/mol. The van der Waals surface area contributed by atoms with Gasteiger partial charge >= 0.3 is 0 Å². The lowest BCUT2D eigenvalue weighted by Gasteiger charge is -2.06. The number of epoxide rings is 1. The average molecular weight is 186 g/mol. The van der Waals surface area contributed by atoms with E-state index in [0.29, 0.717) is 0 Å². The third-order valence-electron chi connectivity index (χ3n) is 2.37. The van der Waals surface area contributed by atoms with Crippen molar-refractivity contribution in [3.63, 3.8) is 0 Å². The van der Waals surface area contributed by atoms with Gasteiger partial charge in [-0.05, 0) is 12.1 Å². The molecule has 1 aromatic carbocycles. The standard InChI is InChI=1S/C11H10N2O/c1-2-5-10(13-7-3-6-12-13)9(4-1)11-8-14-11/h1-7,11H,8H2. The van der Waals surface area contributed by atoms with Crippen molar-refractivity contribution in [2.24, 2.45) is 0 Å². The number of nitrogens with zero attached hydrogens (tertiary/aromatic N) is 2. The fourth-order valence-electron chi connectivity index (χ4n) is 1.61. The molecule has 1 unspecified atom stereocenters. The van der Waals surface area contributed by atoms with Gasteiger partial charge in [0.05, 0.1) is 12.3 Å². The van der Waals surface area contributed by atoms with Crippen molar-refractivity contribution in [1.82, 2.24) is 9.78 Å². The summed E-state index contributed by atoms with van der Waals surface area (Å²) in [5.74, 6) is 0. The monoisotopic (exact) mass is 186 g/mol. The normalized spacial score (nSPS) is 19.6. The first-order valence-electron chi connectivity index (χ1n) is 4.66. The van der Waals surface area contributed by atoms with Crippen LogP contribution in [0.2, 0.25) is 0 Å². The summed E-state index contributed by atoms with van der Waals surface area (Å²) in [7, 11) is 0. The zero-order valence-corrected chi connectivity index (χ0v) is 7.63. The maximum absolute atomic E-state index is 5.29. The third kappa shape index (κ3) is 1.22. The van der Waals surface area contributed by atoms with Gasteiger partial charge in [0.15, 0.2) is 0 Å². The Morgan fingerprint density at radius 1 is 1.29 bits per heavy atom. The molecule has 70 valence electrons. The van der Waals surface area contributed by atoms with Crippen LogP contribution in [-0.4, -0.2) is 16.4 Å². The second kappa shape index (κ2) is 2.96. The number of hydrogen-bond donors (Lipinski definition) is 0. The van der Waals surface area contributed by atoms with Gasteiger partial charge in [0.2, 0.25) is 0 Å². The molecule has 1 saturated heterocycles. The first-order valence-corrected chi connectivity index (χ1v) is 4.66. The first-order chi connectivity index (χ1) is 6.95. The number of aromatic nitrogens is 2. The Labute approximate surface area is 81.9 Å². The smallest absolute Gasteiger partial charge is 0.108 e. The van der Waals surface area contributed by atoms with Crippen LogP contribution in [0.3, 0.4) is 0 Å². The number of hydrogen-bond acceptors (Lipinski definition) is 2. The molecule has 3 nitrogen and oxygen atoms in total. The van der Waals surface area contributed by atoms with Gasteiger partial charge < -0.3 is 4.74 Å². The van der Waals surface area contributed by atoms with Crippen molar-refractivity contribution >= 4 is 0 Å².